The van der Waals surface area contributed by atoms with Crippen LogP contribution in [-0.2, 0) is 6.54 Å². The number of carbonyl (C=O) groups excluding carboxylic acids is 3. The average Bonchev–Trinajstić information content (AvgIpc) is 2.87. The molecule has 3 aromatic carbocycles. The van der Waals surface area contributed by atoms with Gasteiger partial charge in [0.2, 0.25) is 0 Å². The number of anilines is 2. The largest absolute Gasteiger partial charge is 0.488 e. The van der Waals surface area contributed by atoms with Crippen LogP contribution in [0.15, 0.2) is 72.0 Å². The summed E-state index contributed by atoms with van der Waals surface area (Å²) in [6, 6.07) is 19.9. The molecule has 0 radical (unpaired) electrons. The fourth-order valence-electron chi connectivity index (χ4n) is 3.97. The lowest BCUT2D eigenvalue weighted by atomic mass is 9.99. The second-order valence-electron chi connectivity index (χ2n) is 8.96. The van der Waals surface area contributed by atoms with E-state index in [2.05, 4.69) is 15.9 Å². The van der Waals surface area contributed by atoms with E-state index in [1.54, 1.807) is 18.2 Å². The third-order valence-corrected chi connectivity index (χ3v) is 6.21. The number of nitrogens with one attached hydrogen (secondary N) is 2. The zero-order chi connectivity index (χ0) is 25.8. The van der Waals surface area contributed by atoms with Gasteiger partial charge in [-0.15, -0.1) is 0 Å². The van der Waals surface area contributed by atoms with Crippen molar-refractivity contribution >= 4 is 29.2 Å². The molecule has 0 spiro atoms. The first kappa shape index (κ1) is 24.8. The predicted octanol–water partition coefficient (Wildman–Crippen LogP) is 5.60. The number of urea groups is 1. The van der Waals surface area contributed by atoms with Crippen LogP contribution in [-0.4, -0.2) is 28.6 Å². The van der Waals surface area contributed by atoms with E-state index in [1.165, 1.54) is 9.71 Å². The van der Waals surface area contributed by atoms with E-state index in [1.807, 2.05) is 76.2 Å². The van der Waals surface area contributed by atoms with Crippen LogP contribution in [0.5, 0.6) is 0 Å². The minimum atomic E-state index is -0.352. The highest BCUT2D eigenvalue weighted by atomic mass is 16.2. The molecule has 1 unspecified atom stereocenters. The summed E-state index contributed by atoms with van der Waals surface area (Å²) in [5.74, 6) is -0.609. The van der Waals surface area contributed by atoms with Crippen LogP contribution in [0.1, 0.15) is 57.7 Å². The number of hydrogen-bond acceptors (Lipinski definition) is 4. The van der Waals surface area contributed by atoms with Crippen LogP contribution >= 0.6 is 0 Å². The normalized spacial score (nSPS) is 13.5. The van der Waals surface area contributed by atoms with Crippen molar-refractivity contribution in [1.82, 2.24) is 5.32 Å². The fraction of sp³-hybridized carbons (Fsp3) is 0.250. The van der Waals surface area contributed by atoms with Crippen LogP contribution < -0.4 is 15.6 Å². The molecule has 2 N–H and O–H groups in total. The molecule has 36 heavy (non-hydrogen) atoms. The quantitative estimate of drug-likeness (QED) is 0.407. The SMILES string of the molecule is CCC(C)NC(=O)c1c(C)cccc1C(=O)Nc1ccc(C[N+]2=NN(c3ccccc3)C2=O)cc1C. The van der Waals surface area contributed by atoms with E-state index < -0.39 is 0 Å². The van der Waals surface area contributed by atoms with Crippen LogP contribution in [0.3, 0.4) is 0 Å². The Bertz CT molecular complexity index is 1350. The van der Waals surface area contributed by atoms with Gasteiger partial charge < -0.3 is 10.6 Å². The minimum Gasteiger partial charge on any atom is -0.350 e. The van der Waals surface area contributed by atoms with E-state index in [0.29, 0.717) is 23.4 Å². The van der Waals surface area contributed by atoms with Gasteiger partial charge >= 0.3 is 6.03 Å². The Labute approximate surface area is 210 Å². The highest BCUT2D eigenvalue weighted by Crippen LogP contribution is 2.24. The molecule has 1 aliphatic rings. The molecule has 8 heteroatoms. The van der Waals surface area contributed by atoms with Gasteiger partial charge in [-0.25, -0.2) is 4.79 Å². The van der Waals surface area contributed by atoms with Gasteiger partial charge in [-0.1, -0.05) is 59.1 Å². The van der Waals surface area contributed by atoms with Crippen molar-refractivity contribution in [3.63, 3.8) is 0 Å². The second kappa shape index (κ2) is 10.5. The van der Waals surface area contributed by atoms with Crippen molar-refractivity contribution in [2.75, 3.05) is 10.3 Å². The Balaban J connectivity index is 1.47. The Kier molecular flexibility index (Phi) is 7.24. The molecule has 0 saturated carbocycles. The number of aryl methyl sites for hydroxylation is 2. The maximum atomic E-state index is 13.2. The maximum absolute atomic E-state index is 13.2. The highest BCUT2D eigenvalue weighted by Gasteiger charge is 2.37. The summed E-state index contributed by atoms with van der Waals surface area (Å²) in [6.45, 7) is 7.96. The molecule has 0 bridgehead atoms. The minimum absolute atomic E-state index is 0.00704. The molecule has 4 amide bonds. The number of carbonyl (C=O) groups is 3. The molecule has 4 rings (SSSR count). The molecule has 0 aromatic heterocycles. The van der Waals surface area contributed by atoms with Crippen LogP contribution in [0.2, 0.25) is 0 Å². The van der Waals surface area contributed by atoms with E-state index in [9.17, 15) is 14.4 Å². The Morgan fingerprint density at radius 1 is 0.972 bits per heavy atom. The summed E-state index contributed by atoms with van der Waals surface area (Å²) in [4.78, 5) is 38.5. The second-order valence-corrected chi connectivity index (χ2v) is 8.96. The number of amides is 4. The fourth-order valence-corrected chi connectivity index (χ4v) is 3.97. The molecule has 1 atom stereocenters. The molecular formula is C28H30N5O3+. The molecule has 1 aliphatic heterocycles. The first-order valence-electron chi connectivity index (χ1n) is 12.0. The Morgan fingerprint density at radius 3 is 2.39 bits per heavy atom. The molecular weight excluding hydrogens is 454 g/mol. The van der Waals surface area contributed by atoms with E-state index >= 15 is 0 Å². The van der Waals surface area contributed by atoms with Gasteiger partial charge in [-0.2, -0.15) is 0 Å². The standard InChI is InChI=1S/C28H29N5O3/c1-5-20(4)29-27(35)25-18(2)10-9-13-23(25)26(34)30-24-15-14-21(16-19(24)3)17-32-28(36)33(31-32)22-11-7-6-8-12-22/h6-16,20H,5,17H2,1-4H3,(H-,29,30,34,35)/p+1. The lowest BCUT2D eigenvalue weighted by Gasteiger charge is -2.20. The monoisotopic (exact) mass is 484 g/mol. The van der Waals surface area contributed by atoms with Gasteiger partial charge in [0.1, 0.15) is 12.2 Å². The summed E-state index contributed by atoms with van der Waals surface area (Å²) in [5, 5.41) is 11.5. The van der Waals surface area contributed by atoms with Gasteiger partial charge in [0.15, 0.2) is 0 Å². The van der Waals surface area contributed by atoms with Crippen molar-refractivity contribution in [3.05, 3.63) is 94.5 Å². The first-order valence-corrected chi connectivity index (χ1v) is 12.0. The average molecular weight is 485 g/mol. The zero-order valence-electron chi connectivity index (χ0n) is 20.9. The highest BCUT2D eigenvalue weighted by molar-refractivity contribution is 6.13. The van der Waals surface area contributed by atoms with Crippen molar-refractivity contribution in [2.24, 2.45) is 5.22 Å². The van der Waals surface area contributed by atoms with Gasteiger partial charge in [0, 0.05) is 17.0 Å². The third-order valence-electron chi connectivity index (χ3n) is 6.21. The molecule has 0 aliphatic carbocycles. The van der Waals surface area contributed by atoms with Crippen LogP contribution in [0, 0.1) is 13.8 Å². The molecule has 1 heterocycles. The topological polar surface area (TPSA) is 93.9 Å². The smallest absolute Gasteiger partial charge is 0.350 e. The Morgan fingerprint density at radius 2 is 1.72 bits per heavy atom. The third kappa shape index (κ3) is 5.17. The van der Waals surface area contributed by atoms with Crippen LogP contribution in [0.4, 0.5) is 16.2 Å². The number of benzene rings is 3. The van der Waals surface area contributed by atoms with Crippen molar-refractivity contribution in [1.29, 1.82) is 0 Å². The molecule has 8 nitrogen and oxygen atoms in total. The lowest BCUT2D eigenvalue weighted by molar-refractivity contribution is -0.543. The number of nitrogens with zero attached hydrogens (tertiary/aromatic N) is 3. The van der Waals surface area contributed by atoms with Crippen molar-refractivity contribution < 1.29 is 19.1 Å². The molecule has 0 saturated heterocycles. The lowest BCUT2D eigenvalue weighted by Crippen LogP contribution is -2.44. The molecule has 3 aromatic rings. The van der Waals surface area contributed by atoms with Crippen molar-refractivity contribution in [3.8, 4) is 0 Å². The van der Waals surface area contributed by atoms with Crippen molar-refractivity contribution in [2.45, 2.75) is 46.7 Å². The molecule has 184 valence electrons. The summed E-state index contributed by atoms with van der Waals surface area (Å²) >= 11 is 0. The van der Waals surface area contributed by atoms with Crippen LogP contribution in [0.25, 0.3) is 0 Å². The predicted molar refractivity (Wildman–Crippen MR) is 138 cm³/mol. The van der Waals surface area contributed by atoms with E-state index in [4.69, 9.17) is 0 Å². The summed E-state index contributed by atoms with van der Waals surface area (Å²) < 4.78 is 1.40. The van der Waals surface area contributed by atoms with Gasteiger partial charge in [0.05, 0.1) is 11.1 Å². The Hall–Kier alpha value is -4.33. The molecule has 0 fully saturated rings. The van der Waals surface area contributed by atoms with Gasteiger partial charge in [0.25, 0.3) is 11.8 Å². The number of hydrogen-bond donors (Lipinski definition) is 2. The summed E-state index contributed by atoms with van der Waals surface area (Å²) in [6.07, 6.45) is 0.797. The number of para-hydroxylation sites is 1. The zero-order valence-corrected chi connectivity index (χ0v) is 20.9. The number of rotatable bonds is 8. The van der Waals surface area contributed by atoms with E-state index in [0.717, 1.165) is 28.8 Å². The van der Waals surface area contributed by atoms with E-state index in [-0.39, 0.29) is 23.9 Å². The van der Waals surface area contributed by atoms with Gasteiger partial charge in [-0.05, 0) is 68.1 Å². The van der Waals surface area contributed by atoms with Gasteiger partial charge in [-0.3, -0.25) is 9.59 Å². The summed E-state index contributed by atoms with van der Waals surface area (Å²) in [5.41, 5.74) is 4.53. The first-order chi connectivity index (χ1) is 17.3. The maximum Gasteiger partial charge on any atom is 0.488 e. The summed E-state index contributed by atoms with van der Waals surface area (Å²) in [7, 11) is 0.